The quantitative estimate of drug-likeness (QED) is 0.378. The molecule has 176 valence electrons. The Morgan fingerprint density at radius 3 is 2.10 bits per heavy atom. The van der Waals surface area contributed by atoms with Crippen LogP contribution in [-0.4, -0.2) is 48.2 Å². The summed E-state index contributed by atoms with van der Waals surface area (Å²) >= 11 is 0. The zero-order valence-electron chi connectivity index (χ0n) is 20.7. The second kappa shape index (κ2) is 16.0. The minimum atomic E-state index is -0.500. The molecule has 1 aromatic rings. The maximum absolute atomic E-state index is 13.0. The number of ether oxygens (including phenoxy) is 1. The summed E-state index contributed by atoms with van der Waals surface area (Å²) in [5.74, 6) is 0.248. The number of aliphatic hydroxyl groups excluding tert-OH is 1. The van der Waals surface area contributed by atoms with E-state index < -0.39 is 5.60 Å². The van der Waals surface area contributed by atoms with Gasteiger partial charge in [-0.3, -0.25) is 0 Å². The van der Waals surface area contributed by atoms with Crippen LogP contribution in [0.4, 0.5) is 4.39 Å². The molecule has 1 aliphatic heterocycles. The molecule has 2 rings (SSSR count). The van der Waals surface area contributed by atoms with Crippen LogP contribution in [0.15, 0.2) is 24.3 Å². The Morgan fingerprint density at radius 1 is 1.26 bits per heavy atom. The van der Waals surface area contributed by atoms with E-state index >= 15 is 0 Å². The molecule has 0 aliphatic carbocycles. The average molecular weight is 437 g/mol. The fourth-order valence-corrected chi connectivity index (χ4v) is 2.55. The van der Waals surface area contributed by atoms with E-state index in [-0.39, 0.29) is 11.2 Å². The molecule has 0 saturated carbocycles. The van der Waals surface area contributed by atoms with Gasteiger partial charge in [0.1, 0.15) is 5.82 Å². The van der Waals surface area contributed by atoms with E-state index in [1.165, 1.54) is 6.07 Å². The van der Waals surface area contributed by atoms with Gasteiger partial charge in [-0.25, -0.2) is 4.39 Å². The number of epoxide rings is 1. The Kier molecular flexibility index (Phi) is 16.2. The Morgan fingerprint density at radius 2 is 1.74 bits per heavy atom. The third-order valence-electron chi connectivity index (χ3n) is 4.65. The Hall–Kier alpha value is -1.75. The van der Waals surface area contributed by atoms with Gasteiger partial charge in [0.2, 0.25) is 0 Å². The van der Waals surface area contributed by atoms with Crippen molar-refractivity contribution >= 4 is 12.6 Å². The van der Waals surface area contributed by atoms with Gasteiger partial charge in [-0.1, -0.05) is 32.0 Å². The first-order chi connectivity index (χ1) is 14.4. The summed E-state index contributed by atoms with van der Waals surface area (Å²) < 4.78 is 22.9. The topological polar surface area (TPSA) is 86.0 Å². The fourth-order valence-electron chi connectivity index (χ4n) is 2.55. The van der Waals surface area contributed by atoms with Gasteiger partial charge in [0.05, 0.1) is 5.60 Å². The van der Waals surface area contributed by atoms with Crippen LogP contribution >= 0.6 is 0 Å². The molecule has 2 atom stereocenters. The Balaban J connectivity index is 0. The third-order valence-corrected chi connectivity index (χ3v) is 4.65. The summed E-state index contributed by atoms with van der Waals surface area (Å²) in [7, 11) is 2.54. The van der Waals surface area contributed by atoms with Crippen LogP contribution in [0.25, 0.3) is 0 Å². The maximum atomic E-state index is 13.0. The average Bonchev–Trinajstić information content (AvgIpc) is 3.55. The molecule has 0 radical (unpaired) electrons. The van der Waals surface area contributed by atoms with Gasteiger partial charge in [0, 0.05) is 7.11 Å². The number of halogens is 1. The molecule has 7 heteroatoms. The van der Waals surface area contributed by atoms with Gasteiger partial charge in [0.15, 0.2) is 0 Å². The van der Waals surface area contributed by atoms with Crippen molar-refractivity contribution in [2.45, 2.75) is 85.9 Å². The van der Waals surface area contributed by atoms with Gasteiger partial charge >= 0.3 is 78.8 Å². The molecule has 0 amide bonds. The Labute approximate surface area is 189 Å². The summed E-state index contributed by atoms with van der Waals surface area (Å²) in [6.45, 7) is 16.4. The first kappa shape index (κ1) is 31.4. The predicted molar refractivity (Wildman–Crippen MR) is 126 cm³/mol. The normalized spacial score (nSPS) is 15.8. The zero-order chi connectivity index (χ0) is 24.7. The summed E-state index contributed by atoms with van der Waals surface area (Å²) in [4.78, 5) is 0. The van der Waals surface area contributed by atoms with Crippen molar-refractivity contribution in [2.24, 2.45) is 5.41 Å². The fraction of sp³-hybridized carbons (Fsp3) is 0.667. The monoisotopic (exact) mass is 437 g/mol. The molecule has 1 aliphatic rings. The SMILES string of the molecule is CC(C)(C)O.CCC(=BOC#N)C(C)(C)C1CO1.CCC(C)c1ccccc1F.CO. The minimum Gasteiger partial charge on any atom is -0.400 e. The van der Waals surface area contributed by atoms with Crippen molar-refractivity contribution in [3.8, 4) is 6.26 Å². The van der Waals surface area contributed by atoms with Crippen molar-refractivity contribution in [1.29, 1.82) is 5.26 Å². The van der Waals surface area contributed by atoms with E-state index in [2.05, 4.69) is 32.3 Å². The summed E-state index contributed by atoms with van der Waals surface area (Å²) in [6, 6.07) is 6.97. The number of benzene rings is 1. The number of rotatable bonds is 6. The van der Waals surface area contributed by atoms with Crippen LogP contribution in [-0.2, 0) is 9.39 Å². The summed E-state index contributed by atoms with van der Waals surface area (Å²) in [5, 5.41) is 23.8. The van der Waals surface area contributed by atoms with Crippen LogP contribution in [0.1, 0.15) is 79.7 Å². The molecule has 1 fully saturated rings. The molecule has 2 unspecified atom stereocenters. The predicted octanol–water partition coefficient (Wildman–Crippen LogP) is 4.84. The molecule has 1 heterocycles. The summed E-state index contributed by atoms with van der Waals surface area (Å²) in [6.07, 6.45) is 3.81. The van der Waals surface area contributed by atoms with Gasteiger partial charge in [-0.15, -0.1) is 0 Å². The standard InChI is InChI=1S/C10H13F.C9H14BNO2.C4H10O.CH4O/c1-3-8(2)9-6-4-5-7-10(9)11;1-4-7(10-13-6-11)9(2,3)8-5-12-8;1-4(2,3)5;1-2/h4-8H,3H2,1-2H3;8H,4-5H2,1-3H3;5H,1-3H3;2H,1H3. The van der Waals surface area contributed by atoms with Crippen LogP contribution in [0.2, 0.25) is 0 Å². The van der Waals surface area contributed by atoms with E-state index in [4.69, 9.17) is 20.2 Å². The van der Waals surface area contributed by atoms with Crippen molar-refractivity contribution in [1.82, 2.24) is 0 Å². The molecule has 0 bridgehead atoms. The van der Waals surface area contributed by atoms with Gasteiger partial charge < -0.3 is 10.2 Å². The van der Waals surface area contributed by atoms with Crippen molar-refractivity contribution < 1.29 is 24.0 Å². The van der Waals surface area contributed by atoms with E-state index in [1.54, 1.807) is 40.2 Å². The van der Waals surface area contributed by atoms with E-state index in [1.807, 2.05) is 19.1 Å². The minimum absolute atomic E-state index is 0.00833. The first-order valence-corrected chi connectivity index (χ1v) is 10.7. The van der Waals surface area contributed by atoms with Crippen molar-refractivity contribution in [3.63, 3.8) is 0 Å². The molecule has 2 N–H and O–H groups in total. The van der Waals surface area contributed by atoms with Gasteiger partial charge in [0.25, 0.3) is 0 Å². The second-order valence-corrected chi connectivity index (χ2v) is 8.75. The number of nitriles is 1. The Bertz CT molecular complexity index is 671. The first-order valence-electron chi connectivity index (χ1n) is 10.7. The smallest absolute Gasteiger partial charge is 0.126 e. The molecule has 5 nitrogen and oxygen atoms in total. The van der Waals surface area contributed by atoms with Crippen LogP contribution in [0, 0.1) is 22.7 Å². The molecule has 1 aromatic carbocycles. The molecule has 1 saturated heterocycles. The van der Waals surface area contributed by atoms with E-state index in [9.17, 15) is 4.39 Å². The van der Waals surface area contributed by atoms with Crippen LogP contribution in [0.5, 0.6) is 0 Å². The van der Waals surface area contributed by atoms with Gasteiger partial charge in [-0.2, -0.15) is 0 Å². The summed E-state index contributed by atoms with van der Waals surface area (Å²) in [5.41, 5.74) is 1.44. The van der Waals surface area contributed by atoms with Crippen molar-refractivity contribution in [3.05, 3.63) is 35.6 Å². The molecular formula is C24H41BFNO4. The van der Waals surface area contributed by atoms with Crippen molar-refractivity contribution in [2.75, 3.05) is 13.7 Å². The van der Waals surface area contributed by atoms with Crippen LogP contribution < -0.4 is 0 Å². The van der Waals surface area contributed by atoms with Crippen LogP contribution in [0.3, 0.4) is 0 Å². The third kappa shape index (κ3) is 14.8. The van der Waals surface area contributed by atoms with E-state index in [0.717, 1.165) is 37.6 Å². The number of hydrogen-bond donors (Lipinski definition) is 2. The van der Waals surface area contributed by atoms with E-state index in [0.29, 0.717) is 12.0 Å². The second-order valence-electron chi connectivity index (χ2n) is 8.75. The molecule has 0 aromatic heterocycles. The molecular weight excluding hydrogens is 396 g/mol. The number of hydrogen-bond acceptors (Lipinski definition) is 5. The largest absolute Gasteiger partial charge is 0.400 e. The maximum Gasteiger partial charge on any atom is 0.126 e. The number of aliphatic hydroxyl groups is 2. The molecule has 0 spiro atoms. The number of nitrogens with zero attached hydrogens (tertiary/aromatic N) is 1. The van der Waals surface area contributed by atoms with Gasteiger partial charge in [-0.05, 0) is 44.7 Å². The zero-order valence-corrected chi connectivity index (χ0v) is 20.7. The molecule has 31 heavy (non-hydrogen) atoms.